The van der Waals surface area contributed by atoms with Crippen LogP contribution in [-0.2, 0) is 19.1 Å². The molecule has 0 fully saturated rings. The summed E-state index contributed by atoms with van der Waals surface area (Å²) in [7, 11) is 0. The van der Waals surface area contributed by atoms with E-state index in [1.54, 1.807) is 36.4 Å². The molecule has 138 valence electrons. The van der Waals surface area contributed by atoms with E-state index >= 15 is 0 Å². The number of carbonyl (C=O) groups is 2. The first-order valence-electron chi connectivity index (χ1n) is 8.13. The average Bonchev–Trinajstić information content (AvgIpc) is 3.03. The quantitative estimate of drug-likeness (QED) is 0.591. The van der Waals surface area contributed by atoms with E-state index in [9.17, 15) is 9.59 Å². The predicted octanol–water partition coefficient (Wildman–Crippen LogP) is 2.69. The van der Waals surface area contributed by atoms with Gasteiger partial charge in [-0.05, 0) is 24.3 Å². The number of hydrogen-bond acceptors (Lipinski definition) is 8. The molecule has 4 rings (SSSR count). The van der Waals surface area contributed by atoms with Gasteiger partial charge in [-0.25, -0.2) is 9.59 Å². The zero-order valence-electron chi connectivity index (χ0n) is 14.3. The second-order valence-electron chi connectivity index (χ2n) is 5.51. The minimum absolute atomic E-state index is 0.262. The Morgan fingerprint density at radius 1 is 0.679 bits per heavy atom. The number of esters is 2. The van der Waals surface area contributed by atoms with Crippen LogP contribution in [-0.4, -0.2) is 24.4 Å². The molecule has 2 aliphatic rings. The van der Waals surface area contributed by atoms with Crippen molar-refractivity contribution in [3.05, 3.63) is 83.9 Å². The second-order valence-corrected chi connectivity index (χ2v) is 5.51. The number of fused-ring (bicyclic) bond motifs is 2. The maximum absolute atomic E-state index is 12.1. The van der Waals surface area contributed by atoms with Crippen molar-refractivity contribution in [2.24, 2.45) is 9.98 Å². The molecule has 28 heavy (non-hydrogen) atoms. The first-order chi connectivity index (χ1) is 13.7. The van der Waals surface area contributed by atoms with Gasteiger partial charge in [-0.3, -0.25) is 9.98 Å². The van der Waals surface area contributed by atoms with Crippen LogP contribution in [0.1, 0.15) is 11.1 Å². The SMILES string of the molecule is O=C(OC1=CN=Cc2ccccc2O1)C(=O)OC1=CN=Cc2ccccc2O1. The molecular weight excluding hydrogens is 364 g/mol. The molecule has 2 heterocycles. The first-order valence-corrected chi connectivity index (χ1v) is 8.13. The molecule has 0 N–H and O–H groups in total. The molecule has 0 atom stereocenters. The molecular formula is C20H12N2O6. The van der Waals surface area contributed by atoms with E-state index in [1.807, 2.05) is 12.1 Å². The minimum Gasteiger partial charge on any atom is -0.424 e. The molecule has 0 aromatic heterocycles. The molecule has 0 saturated carbocycles. The Bertz CT molecular complexity index is 982. The maximum Gasteiger partial charge on any atom is 0.425 e. The van der Waals surface area contributed by atoms with Crippen molar-refractivity contribution in [1.29, 1.82) is 0 Å². The lowest BCUT2D eigenvalue weighted by atomic mass is 10.2. The Hall–Kier alpha value is -4.20. The van der Waals surface area contributed by atoms with Gasteiger partial charge in [-0.2, -0.15) is 0 Å². The highest BCUT2D eigenvalue weighted by Gasteiger charge is 2.25. The van der Waals surface area contributed by atoms with Crippen LogP contribution in [0.15, 0.2) is 82.8 Å². The lowest BCUT2D eigenvalue weighted by molar-refractivity contribution is -0.166. The van der Waals surface area contributed by atoms with E-state index in [4.69, 9.17) is 18.9 Å². The molecule has 0 saturated heterocycles. The van der Waals surface area contributed by atoms with E-state index < -0.39 is 11.9 Å². The summed E-state index contributed by atoms with van der Waals surface area (Å²) in [5.41, 5.74) is 1.39. The van der Waals surface area contributed by atoms with Crippen LogP contribution < -0.4 is 9.47 Å². The highest BCUT2D eigenvalue weighted by atomic mass is 16.7. The van der Waals surface area contributed by atoms with Crippen molar-refractivity contribution in [1.82, 2.24) is 0 Å². The van der Waals surface area contributed by atoms with Crippen LogP contribution in [0, 0.1) is 0 Å². The van der Waals surface area contributed by atoms with Gasteiger partial charge in [0.2, 0.25) is 0 Å². The Labute approximate surface area is 159 Å². The van der Waals surface area contributed by atoms with E-state index in [0.717, 1.165) is 0 Å². The van der Waals surface area contributed by atoms with Gasteiger partial charge in [0.1, 0.15) is 23.9 Å². The number of para-hydroxylation sites is 2. The third-order valence-corrected chi connectivity index (χ3v) is 3.60. The molecule has 0 aliphatic carbocycles. The first kappa shape index (κ1) is 17.2. The Kier molecular flexibility index (Phi) is 4.67. The summed E-state index contributed by atoms with van der Waals surface area (Å²) in [4.78, 5) is 32.0. The number of rotatable bonds is 2. The summed E-state index contributed by atoms with van der Waals surface area (Å²) < 4.78 is 20.7. The Morgan fingerprint density at radius 2 is 1.11 bits per heavy atom. The van der Waals surface area contributed by atoms with Gasteiger partial charge >= 0.3 is 23.8 Å². The van der Waals surface area contributed by atoms with Gasteiger partial charge in [-0.15, -0.1) is 0 Å². The molecule has 0 bridgehead atoms. The van der Waals surface area contributed by atoms with Crippen LogP contribution in [0.5, 0.6) is 11.5 Å². The zero-order valence-corrected chi connectivity index (χ0v) is 14.3. The summed E-state index contributed by atoms with van der Waals surface area (Å²) in [6.45, 7) is 0. The van der Waals surface area contributed by atoms with Gasteiger partial charge in [0.25, 0.3) is 0 Å². The molecule has 0 unspecified atom stereocenters. The summed E-state index contributed by atoms with van der Waals surface area (Å²) in [6.07, 6.45) is 5.42. The van der Waals surface area contributed by atoms with Gasteiger partial charge < -0.3 is 18.9 Å². The lowest BCUT2D eigenvalue weighted by Gasteiger charge is -2.11. The van der Waals surface area contributed by atoms with Crippen LogP contribution in [0.3, 0.4) is 0 Å². The highest BCUT2D eigenvalue weighted by molar-refractivity contribution is 6.30. The largest absolute Gasteiger partial charge is 0.425 e. The average molecular weight is 376 g/mol. The van der Waals surface area contributed by atoms with Crippen molar-refractivity contribution < 1.29 is 28.5 Å². The summed E-state index contributed by atoms with van der Waals surface area (Å²) in [5.74, 6) is -2.27. The Balaban J connectivity index is 1.40. The third-order valence-electron chi connectivity index (χ3n) is 3.60. The lowest BCUT2D eigenvalue weighted by Crippen LogP contribution is -2.22. The topological polar surface area (TPSA) is 95.8 Å². The smallest absolute Gasteiger partial charge is 0.424 e. The fourth-order valence-corrected chi connectivity index (χ4v) is 2.35. The fourth-order valence-electron chi connectivity index (χ4n) is 2.35. The van der Waals surface area contributed by atoms with Gasteiger partial charge in [-0.1, -0.05) is 24.3 Å². The summed E-state index contributed by atoms with van der Waals surface area (Å²) >= 11 is 0. The molecule has 0 amide bonds. The van der Waals surface area contributed by atoms with Gasteiger partial charge in [0.05, 0.1) is 0 Å². The van der Waals surface area contributed by atoms with Crippen LogP contribution in [0.2, 0.25) is 0 Å². The van der Waals surface area contributed by atoms with Crippen LogP contribution in [0.4, 0.5) is 0 Å². The van der Waals surface area contributed by atoms with Crippen molar-refractivity contribution in [2.75, 3.05) is 0 Å². The Morgan fingerprint density at radius 3 is 1.57 bits per heavy atom. The molecule has 8 nitrogen and oxygen atoms in total. The number of hydrogen-bond donors (Lipinski definition) is 0. The van der Waals surface area contributed by atoms with Crippen molar-refractivity contribution in [3.8, 4) is 11.5 Å². The van der Waals surface area contributed by atoms with Crippen LogP contribution >= 0.6 is 0 Å². The van der Waals surface area contributed by atoms with E-state index in [1.165, 1.54) is 24.8 Å². The monoisotopic (exact) mass is 376 g/mol. The predicted molar refractivity (Wildman–Crippen MR) is 97.7 cm³/mol. The maximum atomic E-state index is 12.1. The number of carbonyl (C=O) groups excluding carboxylic acids is 2. The summed E-state index contributed by atoms with van der Waals surface area (Å²) in [5, 5.41) is 0. The number of nitrogens with zero attached hydrogens (tertiary/aromatic N) is 2. The fraction of sp³-hybridized carbons (Fsp3) is 0. The molecule has 8 heteroatoms. The summed E-state index contributed by atoms with van der Waals surface area (Å²) in [6, 6.07) is 14.0. The minimum atomic E-state index is -1.30. The van der Waals surface area contributed by atoms with Gasteiger partial charge in [0.15, 0.2) is 0 Å². The van der Waals surface area contributed by atoms with Crippen molar-refractivity contribution in [3.63, 3.8) is 0 Å². The van der Waals surface area contributed by atoms with Crippen LogP contribution in [0.25, 0.3) is 0 Å². The number of aliphatic imine (C=N–C) groups is 2. The van der Waals surface area contributed by atoms with Crippen molar-refractivity contribution >= 4 is 24.4 Å². The normalized spacial score (nSPS) is 14.0. The van der Waals surface area contributed by atoms with E-state index in [0.29, 0.717) is 22.6 Å². The highest BCUT2D eigenvalue weighted by Crippen LogP contribution is 2.23. The van der Waals surface area contributed by atoms with Crippen molar-refractivity contribution in [2.45, 2.75) is 0 Å². The second kappa shape index (κ2) is 7.58. The molecule has 2 aromatic rings. The standard InChI is InChI=1S/C20H12N2O6/c23-19(27-17-11-21-9-13-5-1-3-7-15(13)25-17)20(24)28-18-12-22-10-14-6-2-4-8-16(14)26-18/h1-12H. The van der Waals surface area contributed by atoms with E-state index in [-0.39, 0.29) is 11.9 Å². The number of ether oxygens (including phenoxy) is 4. The number of benzene rings is 2. The molecule has 2 aromatic carbocycles. The molecule has 2 aliphatic heterocycles. The molecule has 0 spiro atoms. The van der Waals surface area contributed by atoms with Gasteiger partial charge in [0, 0.05) is 23.6 Å². The third kappa shape index (κ3) is 3.80. The zero-order chi connectivity index (χ0) is 19.3. The molecule has 0 radical (unpaired) electrons. The van der Waals surface area contributed by atoms with E-state index in [2.05, 4.69) is 9.98 Å².